The number of carboxylic acid groups (broad SMARTS) is 2. The van der Waals surface area contributed by atoms with Crippen molar-refractivity contribution in [1.82, 2.24) is 0 Å². The molecule has 2 aromatic rings. The molecule has 0 saturated heterocycles. The van der Waals surface area contributed by atoms with E-state index in [1.54, 1.807) is 39.8 Å². The van der Waals surface area contributed by atoms with Gasteiger partial charge in [-0.3, -0.25) is 0 Å². The summed E-state index contributed by atoms with van der Waals surface area (Å²) in [5.41, 5.74) is 0.398. The van der Waals surface area contributed by atoms with Gasteiger partial charge < -0.3 is 29.2 Å². The topological polar surface area (TPSA) is 112 Å². The van der Waals surface area contributed by atoms with Crippen LogP contribution in [0.4, 0.5) is 0 Å². The molecule has 0 fully saturated rings. The number of hydrogen-bond acceptors (Lipinski definition) is 6. The molecule has 0 spiro atoms. The number of benzene rings is 2. The number of carbonyl (C=O) groups is 2. The molecule has 33 heavy (non-hydrogen) atoms. The molecule has 9 heteroatoms. The monoisotopic (exact) mass is 566 g/mol. The van der Waals surface area contributed by atoms with Crippen LogP contribution in [0.2, 0.25) is 8.87 Å². The van der Waals surface area contributed by atoms with Crippen molar-refractivity contribution in [2.45, 2.75) is 62.0 Å². The van der Waals surface area contributed by atoms with Crippen LogP contribution in [0, 0.1) is 0 Å². The van der Waals surface area contributed by atoms with E-state index in [4.69, 9.17) is 29.2 Å². The Hall–Kier alpha value is -2.62. The van der Waals surface area contributed by atoms with Crippen LogP contribution in [0.25, 0.3) is 0 Å². The number of carboxylic acids is 2. The summed E-state index contributed by atoms with van der Waals surface area (Å²) in [7, 11) is 0. The Morgan fingerprint density at radius 3 is 1.30 bits per heavy atom. The summed E-state index contributed by atoms with van der Waals surface area (Å²) < 4.78 is 24.7. The van der Waals surface area contributed by atoms with Crippen molar-refractivity contribution in [2.75, 3.05) is 0 Å². The van der Waals surface area contributed by atoms with Crippen LogP contribution in [0.15, 0.2) is 36.4 Å². The van der Waals surface area contributed by atoms with E-state index in [0.717, 1.165) is 0 Å². The molecule has 0 aliphatic carbocycles. The van der Waals surface area contributed by atoms with Crippen LogP contribution in [0.1, 0.15) is 62.3 Å². The van der Waals surface area contributed by atoms with Crippen molar-refractivity contribution in [1.29, 1.82) is 0 Å². The summed E-state index contributed by atoms with van der Waals surface area (Å²) >= 11 is 0.218. The number of fused-ring (bicyclic) bond motifs is 2. The molecule has 2 aliphatic rings. The SMILES string of the molecule is CC1(C)Oc2ccc(C(=O)O)cc2O1.CC1(C)Oc2ccc(C(=O)O)cc2O1.C[CH2][Sn][CH2]C. The van der Waals surface area contributed by atoms with Gasteiger partial charge in [-0.05, 0) is 36.4 Å². The first-order valence-corrected chi connectivity index (χ1v) is 14.6. The van der Waals surface area contributed by atoms with Crippen molar-refractivity contribution < 1.29 is 38.7 Å². The van der Waals surface area contributed by atoms with Gasteiger partial charge in [-0.25, -0.2) is 9.59 Å². The second-order valence-corrected chi connectivity index (χ2v) is 13.6. The van der Waals surface area contributed by atoms with Gasteiger partial charge in [-0.2, -0.15) is 0 Å². The molecule has 0 amide bonds. The number of hydrogen-bond donors (Lipinski definition) is 2. The van der Waals surface area contributed by atoms with E-state index in [1.807, 2.05) is 0 Å². The molecule has 0 bridgehead atoms. The summed E-state index contributed by atoms with van der Waals surface area (Å²) in [5.74, 6) is -1.23. The zero-order chi connectivity index (χ0) is 24.8. The third-order valence-corrected chi connectivity index (χ3v) is 7.16. The quantitative estimate of drug-likeness (QED) is 0.478. The normalized spacial score (nSPS) is 15.5. The molecule has 178 valence electrons. The molecule has 2 heterocycles. The van der Waals surface area contributed by atoms with Crippen molar-refractivity contribution in [3.63, 3.8) is 0 Å². The maximum absolute atomic E-state index is 10.7. The van der Waals surface area contributed by atoms with E-state index in [-0.39, 0.29) is 32.3 Å². The first kappa shape index (κ1) is 26.6. The van der Waals surface area contributed by atoms with Gasteiger partial charge in [0.1, 0.15) is 0 Å². The standard InChI is InChI=1S/2C10H10O4.2C2H5.Sn/c2*1-10(2)13-7-4-3-6(9(11)12)5-8(7)14-10;2*1-2;/h2*3-5H,1-2H3,(H,11,12);2*1H2,2H3;. The first-order chi connectivity index (χ1) is 15.4. The van der Waals surface area contributed by atoms with E-state index in [2.05, 4.69) is 13.8 Å². The van der Waals surface area contributed by atoms with E-state index < -0.39 is 23.5 Å². The Morgan fingerprint density at radius 1 is 0.697 bits per heavy atom. The van der Waals surface area contributed by atoms with Crippen LogP contribution < -0.4 is 18.9 Å². The molecule has 0 atom stereocenters. The van der Waals surface area contributed by atoms with E-state index in [0.29, 0.717) is 23.0 Å². The van der Waals surface area contributed by atoms with Gasteiger partial charge in [0, 0.05) is 27.7 Å². The minimum absolute atomic E-state index is 0.199. The van der Waals surface area contributed by atoms with Crippen LogP contribution >= 0.6 is 0 Å². The Balaban J connectivity index is 0.000000195. The summed E-state index contributed by atoms with van der Waals surface area (Å²) in [6.07, 6.45) is 0. The van der Waals surface area contributed by atoms with E-state index in [1.165, 1.54) is 33.1 Å². The Bertz CT molecular complexity index is 920. The fourth-order valence-electron chi connectivity index (χ4n) is 2.96. The maximum atomic E-state index is 10.7. The van der Waals surface area contributed by atoms with Gasteiger partial charge in [0.2, 0.25) is 11.6 Å². The second-order valence-electron chi connectivity index (χ2n) is 8.10. The molecule has 2 aliphatic heterocycles. The fraction of sp³-hybridized carbons (Fsp3) is 0.417. The van der Waals surface area contributed by atoms with E-state index in [9.17, 15) is 9.59 Å². The number of ether oxygens (including phenoxy) is 4. The number of rotatable bonds is 4. The summed E-state index contributed by atoms with van der Waals surface area (Å²) in [6.45, 7) is 11.7. The Labute approximate surface area is 204 Å². The molecule has 8 nitrogen and oxygen atoms in total. The van der Waals surface area contributed by atoms with Crippen LogP contribution in [0.3, 0.4) is 0 Å². The predicted octanol–water partition coefficient (Wildman–Crippen LogP) is 5.35. The van der Waals surface area contributed by atoms with Gasteiger partial charge in [0.25, 0.3) is 0 Å². The van der Waals surface area contributed by atoms with Gasteiger partial charge in [-0.1, -0.05) is 0 Å². The first-order valence-electron chi connectivity index (χ1n) is 10.6. The zero-order valence-electron chi connectivity index (χ0n) is 19.7. The summed E-state index contributed by atoms with van der Waals surface area (Å²) in [6, 6.07) is 9.12. The van der Waals surface area contributed by atoms with Crippen LogP contribution in [0.5, 0.6) is 23.0 Å². The van der Waals surface area contributed by atoms with Gasteiger partial charge in [0.15, 0.2) is 23.0 Å². The van der Waals surface area contributed by atoms with Crippen molar-refractivity contribution in [2.24, 2.45) is 0 Å². The second kappa shape index (κ2) is 11.0. The molecule has 4 rings (SSSR count). The minimum atomic E-state index is -0.971. The molecule has 2 aromatic carbocycles. The van der Waals surface area contributed by atoms with Crippen molar-refractivity contribution in [3.05, 3.63) is 47.5 Å². The molecular formula is C24H30O8Sn. The average molecular weight is 565 g/mol. The molecular weight excluding hydrogens is 535 g/mol. The Morgan fingerprint density at radius 2 is 1.03 bits per heavy atom. The zero-order valence-corrected chi connectivity index (χ0v) is 22.6. The molecule has 0 unspecified atom stereocenters. The molecule has 0 aromatic heterocycles. The average Bonchev–Trinajstić information content (AvgIpc) is 3.20. The van der Waals surface area contributed by atoms with Crippen molar-refractivity contribution in [3.8, 4) is 23.0 Å². The predicted molar refractivity (Wildman–Crippen MR) is 124 cm³/mol. The fourth-order valence-corrected chi connectivity index (χ4v) is 4.39. The molecule has 2 N–H and O–H groups in total. The molecule has 0 saturated carbocycles. The van der Waals surface area contributed by atoms with Gasteiger partial charge in [-0.15, -0.1) is 0 Å². The van der Waals surface area contributed by atoms with Crippen LogP contribution in [-0.4, -0.2) is 54.9 Å². The van der Waals surface area contributed by atoms with Crippen molar-refractivity contribution >= 4 is 33.1 Å². The summed E-state index contributed by atoms with van der Waals surface area (Å²) in [4.78, 5) is 21.3. The summed E-state index contributed by atoms with van der Waals surface area (Å²) in [5, 5.41) is 17.5. The van der Waals surface area contributed by atoms with Gasteiger partial charge in [0.05, 0.1) is 11.1 Å². The third-order valence-electron chi connectivity index (χ3n) is 4.30. The van der Waals surface area contributed by atoms with E-state index >= 15 is 0 Å². The molecule has 2 radical (unpaired) electrons. The third kappa shape index (κ3) is 7.73. The van der Waals surface area contributed by atoms with Gasteiger partial charge >= 0.3 is 55.8 Å². The number of aromatic carboxylic acids is 2. The Kier molecular flexibility index (Phi) is 8.88. The van der Waals surface area contributed by atoms with Crippen LogP contribution in [-0.2, 0) is 0 Å².